The number of nitrogens with zero attached hydrogens (tertiary/aromatic N) is 1. The highest BCUT2D eigenvalue weighted by molar-refractivity contribution is 5.75. The van der Waals surface area contributed by atoms with E-state index in [-0.39, 0.29) is 11.9 Å². The number of amides is 1. The lowest BCUT2D eigenvalue weighted by atomic mass is 9.85. The Morgan fingerprint density at radius 3 is 2.40 bits per heavy atom. The van der Waals surface area contributed by atoms with Gasteiger partial charge in [-0.3, -0.25) is 4.79 Å². The maximum Gasteiger partial charge on any atom is 0.272 e. The van der Waals surface area contributed by atoms with Gasteiger partial charge in [-0.25, -0.2) is 0 Å². The van der Waals surface area contributed by atoms with E-state index in [4.69, 9.17) is 15.2 Å². The van der Waals surface area contributed by atoms with Crippen LogP contribution in [0.4, 0.5) is 0 Å². The zero-order valence-corrected chi connectivity index (χ0v) is 15.0. The fraction of sp³-hybridized carbons (Fsp3) is 0.350. The van der Waals surface area contributed by atoms with Gasteiger partial charge in [0.25, 0.3) is 5.91 Å². The van der Waals surface area contributed by atoms with Crippen LogP contribution < -0.4 is 15.2 Å². The van der Waals surface area contributed by atoms with Gasteiger partial charge in [0.15, 0.2) is 18.0 Å². The van der Waals surface area contributed by atoms with E-state index in [0.717, 1.165) is 18.7 Å². The molecule has 2 aromatic rings. The molecule has 132 valence electrons. The van der Waals surface area contributed by atoms with E-state index < -0.39 is 0 Å². The van der Waals surface area contributed by atoms with Gasteiger partial charge in [0.1, 0.15) is 6.04 Å². The number of carbonyl (C=O) groups is 1. The number of hydrogen-bond donors (Lipinski definition) is 1. The van der Waals surface area contributed by atoms with Crippen molar-refractivity contribution < 1.29 is 18.8 Å². The van der Waals surface area contributed by atoms with Crippen LogP contribution in [0.5, 0.6) is 11.5 Å². The Labute approximate surface area is 148 Å². The van der Waals surface area contributed by atoms with Gasteiger partial charge >= 0.3 is 0 Å². The molecule has 0 spiro atoms. The number of nitrogens with two attached hydrogens (primary N) is 1. The Bertz CT molecular complexity index is 776. The molecule has 1 aliphatic heterocycles. The fourth-order valence-corrected chi connectivity index (χ4v) is 3.95. The molecule has 3 rings (SSSR count). The number of rotatable bonds is 5. The van der Waals surface area contributed by atoms with E-state index in [2.05, 4.69) is 25.2 Å². The SMILES string of the molecule is COc1cc2c(cc1OC)[C@@H](c1ccccc1)[N@+](C)(CC(N)=O)CC2. The zero-order chi connectivity index (χ0) is 18.0. The van der Waals surface area contributed by atoms with Gasteiger partial charge in [-0.1, -0.05) is 30.3 Å². The summed E-state index contributed by atoms with van der Waals surface area (Å²) in [4.78, 5) is 11.7. The molecular weight excluding hydrogens is 316 g/mol. The van der Waals surface area contributed by atoms with Crippen LogP contribution in [0.15, 0.2) is 42.5 Å². The van der Waals surface area contributed by atoms with Crippen molar-refractivity contribution in [2.45, 2.75) is 12.5 Å². The van der Waals surface area contributed by atoms with Gasteiger partial charge in [-0.05, 0) is 17.7 Å². The van der Waals surface area contributed by atoms with Crippen molar-refractivity contribution in [2.24, 2.45) is 5.73 Å². The minimum Gasteiger partial charge on any atom is -0.493 e. The number of fused-ring (bicyclic) bond motifs is 1. The van der Waals surface area contributed by atoms with Crippen LogP contribution in [0.2, 0.25) is 0 Å². The van der Waals surface area contributed by atoms with Crippen LogP contribution in [0.3, 0.4) is 0 Å². The van der Waals surface area contributed by atoms with Crippen molar-refractivity contribution in [1.82, 2.24) is 0 Å². The van der Waals surface area contributed by atoms with Crippen LogP contribution in [0.1, 0.15) is 22.7 Å². The number of carbonyl (C=O) groups excluding carboxylic acids is 1. The standard InChI is InChI=1S/C20H24N2O3/c1-22(13-19(21)23)10-9-15-11-17(24-2)18(25-3)12-16(15)20(22)14-7-5-4-6-8-14/h4-8,11-12,20H,9-10,13H2,1-3H3,(H-,21,23)/p+1/t20-,22+/m1/s1. The van der Waals surface area contributed by atoms with E-state index in [0.29, 0.717) is 16.8 Å². The fourth-order valence-electron chi connectivity index (χ4n) is 3.95. The first-order chi connectivity index (χ1) is 12.0. The lowest BCUT2D eigenvalue weighted by molar-refractivity contribution is -0.928. The third-order valence-electron chi connectivity index (χ3n) is 5.09. The molecule has 0 aromatic heterocycles. The summed E-state index contributed by atoms with van der Waals surface area (Å²) >= 11 is 0. The molecule has 0 saturated carbocycles. The Kier molecular flexibility index (Phi) is 4.68. The molecule has 0 bridgehead atoms. The molecule has 1 aliphatic rings. The molecule has 5 heteroatoms. The molecule has 1 amide bonds. The predicted molar refractivity (Wildman–Crippen MR) is 96.6 cm³/mol. The van der Waals surface area contributed by atoms with Crippen molar-refractivity contribution in [1.29, 1.82) is 0 Å². The summed E-state index contributed by atoms with van der Waals surface area (Å²) in [6, 6.07) is 14.4. The Morgan fingerprint density at radius 2 is 1.80 bits per heavy atom. The molecular formula is C20H25N2O3+. The highest BCUT2D eigenvalue weighted by Gasteiger charge is 2.41. The molecule has 25 heavy (non-hydrogen) atoms. The molecule has 2 atom stereocenters. The molecule has 0 saturated heterocycles. The maximum atomic E-state index is 11.7. The summed E-state index contributed by atoms with van der Waals surface area (Å²) in [5, 5.41) is 0. The number of likely N-dealkylation sites (N-methyl/N-ethyl adjacent to an activating group) is 1. The Hall–Kier alpha value is -2.53. The monoisotopic (exact) mass is 341 g/mol. The normalized spacial score (nSPS) is 22.1. The maximum absolute atomic E-state index is 11.7. The van der Waals surface area contributed by atoms with E-state index in [1.165, 1.54) is 16.7 Å². The van der Waals surface area contributed by atoms with E-state index in [9.17, 15) is 4.79 Å². The highest BCUT2D eigenvalue weighted by Crippen LogP contribution is 2.43. The van der Waals surface area contributed by atoms with Crippen LogP contribution in [-0.2, 0) is 11.2 Å². The molecule has 5 nitrogen and oxygen atoms in total. The van der Waals surface area contributed by atoms with E-state index in [1.54, 1.807) is 14.2 Å². The number of ether oxygens (including phenoxy) is 2. The zero-order valence-electron chi connectivity index (χ0n) is 15.0. The topological polar surface area (TPSA) is 61.6 Å². The average molecular weight is 341 g/mol. The first-order valence-electron chi connectivity index (χ1n) is 8.41. The molecule has 0 unspecified atom stereocenters. The number of methoxy groups -OCH3 is 2. The van der Waals surface area contributed by atoms with Crippen molar-refractivity contribution >= 4 is 5.91 Å². The summed E-state index contributed by atoms with van der Waals surface area (Å²) < 4.78 is 11.5. The van der Waals surface area contributed by atoms with Crippen molar-refractivity contribution in [3.63, 3.8) is 0 Å². The Morgan fingerprint density at radius 1 is 1.16 bits per heavy atom. The third kappa shape index (κ3) is 3.20. The van der Waals surface area contributed by atoms with Gasteiger partial charge < -0.3 is 19.7 Å². The van der Waals surface area contributed by atoms with Gasteiger partial charge in [0.05, 0.1) is 27.8 Å². The second kappa shape index (κ2) is 6.76. The van der Waals surface area contributed by atoms with Crippen LogP contribution in [0.25, 0.3) is 0 Å². The van der Waals surface area contributed by atoms with Crippen LogP contribution in [-0.4, -0.2) is 44.7 Å². The molecule has 2 aromatic carbocycles. The number of hydrogen-bond acceptors (Lipinski definition) is 3. The summed E-state index contributed by atoms with van der Waals surface area (Å²) in [6.07, 6.45) is 0.864. The molecule has 0 fully saturated rings. The lowest BCUT2D eigenvalue weighted by Gasteiger charge is -2.45. The average Bonchev–Trinajstić information content (AvgIpc) is 2.60. The summed E-state index contributed by atoms with van der Waals surface area (Å²) in [5.41, 5.74) is 9.13. The molecule has 2 N–H and O–H groups in total. The molecule has 0 radical (unpaired) electrons. The summed E-state index contributed by atoms with van der Waals surface area (Å²) in [6.45, 7) is 1.14. The van der Waals surface area contributed by atoms with Crippen LogP contribution >= 0.6 is 0 Å². The van der Waals surface area contributed by atoms with E-state index in [1.807, 2.05) is 24.3 Å². The minimum atomic E-state index is -0.285. The largest absolute Gasteiger partial charge is 0.493 e. The van der Waals surface area contributed by atoms with Crippen molar-refractivity contribution in [2.75, 3.05) is 34.4 Å². The van der Waals surface area contributed by atoms with E-state index >= 15 is 0 Å². The van der Waals surface area contributed by atoms with Gasteiger partial charge in [-0.2, -0.15) is 0 Å². The first-order valence-corrected chi connectivity index (χ1v) is 8.41. The second-order valence-electron chi connectivity index (χ2n) is 6.80. The molecule has 0 aliphatic carbocycles. The van der Waals surface area contributed by atoms with Gasteiger partial charge in [-0.15, -0.1) is 0 Å². The lowest BCUT2D eigenvalue weighted by Crippen LogP contribution is -2.55. The Balaban J connectivity index is 2.19. The third-order valence-corrected chi connectivity index (χ3v) is 5.09. The quantitative estimate of drug-likeness (QED) is 0.849. The van der Waals surface area contributed by atoms with Crippen molar-refractivity contribution in [3.05, 3.63) is 59.2 Å². The van der Waals surface area contributed by atoms with Gasteiger partial charge in [0.2, 0.25) is 0 Å². The van der Waals surface area contributed by atoms with Crippen LogP contribution in [0, 0.1) is 0 Å². The summed E-state index contributed by atoms with van der Waals surface area (Å²) in [5.74, 6) is 1.15. The minimum absolute atomic E-state index is 0.0252. The first kappa shape index (κ1) is 17.3. The van der Waals surface area contributed by atoms with Gasteiger partial charge in [0, 0.05) is 17.5 Å². The second-order valence-corrected chi connectivity index (χ2v) is 6.80. The molecule has 1 heterocycles. The highest BCUT2D eigenvalue weighted by atomic mass is 16.5. The van der Waals surface area contributed by atoms with Crippen molar-refractivity contribution in [3.8, 4) is 11.5 Å². The summed E-state index contributed by atoms with van der Waals surface area (Å²) in [7, 11) is 5.39. The number of primary amides is 1. The number of quaternary nitrogens is 1. The predicted octanol–water partition coefficient (Wildman–Crippen LogP) is 2.28. The number of benzene rings is 2. The smallest absolute Gasteiger partial charge is 0.272 e.